The van der Waals surface area contributed by atoms with Crippen molar-refractivity contribution in [2.75, 3.05) is 0 Å². The number of primary sulfonamides is 1. The zero-order valence-electron chi connectivity index (χ0n) is 20.6. The maximum absolute atomic E-state index is 12.0. The van der Waals surface area contributed by atoms with Gasteiger partial charge in [-0.1, -0.05) is 60.2 Å². The highest BCUT2D eigenvalue weighted by atomic mass is 32.2. The Morgan fingerprint density at radius 2 is 1.64 bits per heavy atom. The molecule has 4 rings (SSSR count). The summed E-state index contributed by atoms with van der Waals surface area (Å²) >= 11 is 0. The Hall–Kier alpha value is -4.42. The Labute approximate surface area is 223 Å². The lowest BCUT2D eigenvalue weighted by Gasteiger charge is -2.10. The predicted octanol–water partition coefficient (Wildman–Crippen LogP) is 4.75. The van der Waals surface area contributed by atoms with Gasteiger partial charge in [-0.05, 0) is 52.9 Å². The smallest absolute Gasteiger partial charge is 0.475 e. The fourth-order valence-corrected chi connectivity index (χ4v) is 4.48. The third kappa shape index (κ3) is 8.03. The van der Waals surface area contributed by atoms with Crippen LogP contribution in [0.15, 0.2) is 95.2 Å². The zero-order chi connectivity index (χ0) is 28.8. The van der Waals surface area contributed by atoms with E-state index in [-0.39, 0.29) is 4.90 Å². The van der Waals surface area contributed by atoms with Crippen molar-refractivity contribution in [3.05, 3.63) is 102 Å². The number of carbonyl (C=O) groups is 1. The molecule has 12 heteroatoms. The van der Waals surface area contributed by atoms with Crippen molar-refractivity contribution in [2.45, 2.75) is 24.5 Å². The van der Waals surface area contributed by atoms with Crippen LogP contribution in [0.1, 0.15) is 16.7 Å². The quantitative estimate of drug-likeness (QED) is 0.178. The number of aromatic nitrogens is 1. The molecule has 0 saturated heterocycles. The number of aryl methyl sites for hydroxylation is 1. The largest absolute Gasteiger partial charge is 0.490 e. The average molecular weight is 559 g/mol. The first-order valence-corrected chi connectivity index (χ1v) is 12.8. The van der Waals surface area contributed by atoms with Crippen LogP contribution in [0, 0.1) is 6.92 Å². The second kappa shape index (κ2) is 12.0. The molecular formula is C27H25F3N4O4S. The van der Waals surface area contributed by atoms with Gasteiger partial charge in [0.15, 0.2) is 0 Å². The van der Waals surface area contributed by atoms with Crippen molar-refractivity contribution in [2.24, 2.45) is 16.1 Å². The standard InChI is InChI=1S/C25H24N4O2S.C2HF3O2/c1-18-5-10-25(32(27,30)31)24(13-18)22-8-6-21(7-9-22)23-11-12-29(17-23)16-20-4-2-3-19(14-20)15-28-26;3-2(4,5)1(6)7/h2-15,17H,16,26H2,1H3,(H2,27,30,31);(H,6,7)/b28-15-;. The van der Waals surface area contributed by atoms with Crippen LogP contribution < -0.4 is 11.0 Å². The van der Waals surface area contributed by atoms with Gasteiger partial charge in [0.05, 0.1) is 11.1 Å². The van der Waals surface area contributed by atoms with Crippen LogP contribution in [0.4, 0.5) is 13.2 Å². The van der Waals surface area contributed by atoms with E-state index in [9.17, 15) is 21.6 Å². The van der Waals surface area contributed by atoms with Crippen molar-refractivity contribution in [1.82, 2.24) is 4.57 Å². The molecule has 0 aliphatic heterocycles. The highest BCUT2D eigenvalue weighted by molar-refractivity contribution is 7.89. The molecular weight excluding hydrogens is 533 g/mol. The van der Waals surface area contributed by atoms with Gasteiger partial charge >= 0.3 is 12.1 Å². The first-order valence-electron chi connectivity index (χ1n) is 11.3. The minimum absolute atomic E-state index is 0.129. The average Bonchev–Trinajstić information content (AvgIpc) is 3.32. The topological polar surface area (TPSA) is 141 Å². The van der Waals surface area contributed by atoms with Gasteiger partial charge in [0.25, 0.3) is 0 Å². The van der Waals surface area contributed by atoms with Gasteiger partial charge in [-0.15, -0.1) is 0 Å². The van der Waals surface area contributed by atoms with Gasteiger partial charge < -0.3 is 15.5 Å². The minimum atomic E-state index is -5.08. The number of benzene rings is 3. The van der Waals surface area contributed by atoms with Crippen LogP contribution in [0.5, 0.6) is 0 Å². The summed E-state index contributed by atoms with van der Waals surface area (Å²) in [5.41, 5.74) is 6.61. The first-order chi connectivity index (χ1) is 18.3. The number of carboxylic acid groups (broad SMARTS) is 1. The molecule has 0 spiro atoms. The number of sulfonamides is 1. The van der Waals surface area contributed by atoms with E-state index >= 15 is 0 Å². The van der Waals surface area contributed by atoms with Crippen LogP contribution in [0.2, 0.25) is 0 Å². The van der Waals surface area contributed by atoms with Crippen LogP contribution in [0.3, 0.4) is 0 Å². The minimum Gasteiger partial charge on any atom is -0.475 e. The Bertz CT molecular complexity index is 1600. The number of rotatable bonds is 6. The van der Waals surface area contributed by atoms with E-state index in [4.69, 9.17) is 20.9 Å². The van der Waals surface area contributed by atoms with Crippen molar-refractivity contribution in [1.29, 1.82) is 0 Å². The van der Waals surface area contributed by atoms with Crippen molar-refractivity contribution in [3.63, 3.8) is 0 Å². The second-order valence-electron chi connectivity index (χ2n) is 8.52. The van der Waals surface area contributed by atoms with E-state index < -0.39 is 22.2 Å². The molecule has 0 saturated carbocycles. The third-order valence-electron chi connectivity index (χ3n) is 5.50. The summed E-state index contributed by atoms with van der Waals surface area (Å²) in [6.07, 6.45) is 0.662. The van der Waals surface area contributed by atoms with Gasteiger partial charge in [-0.3, -0.25) is 0 Å². The van der Waals surface area contributed by atoms with Crippen molar-refractivity contribution < 1.29 is 31.5 Å². The maximum atomic E-state index is 12.0. The molecule has 5 N–H and O–H groups in total. The highest BCUT2D eigenvalue weighted by Crippen LogP contribution is 2.30. The monoisotopic (exact) mass is 558 g/mol. The molecule has 8 nitrogen and oxygen atoms in total. The first kappa shape index (κ1) is 29.1. The number of hydrogen-bond acceptors (Lipinski definition) is 5. The van der Waals surface area contributed by atoms with Crippen LogP contribution >= 0.6 is 0 Å². The molecule has 1 aromatic heterocycles. The molecule has 0 unspecified atom stereocenters. The maximum Gasteiger partial charge on any atom is 0.490 e. The van der Waals surface area contributed by atoms with E-state index in [0.29, 0.717) is 5.56 Å². The fraction of sp³-hybridized carbons (Fsp3) is 0.111. The molecule has 3 aromatic carbocycles. The summed E-state index contributed by atoms with van der Waals surface area (Å²) in [5, 5.41) is 16.1. The lowest BCUT2D eigenvalue weighted by molar-refractivity contribution is -0.192. The lowest BCUT2D eigenvalue weighted by atomic mass is 10.0. The SMILES string of the molecule is Cc1ccc(S(N)(=O)=O)c(-c2ccc(-c3ccn(Cc4cccc(/C=N\N)c4)c3)cc2)c1.O=C(O)C(F)(F)F. The van der Waals surface area contributed by atoms with E-state index in [1.54, 1.807) is 18.3 Å². The van der Waals surface area contributed by atoms with E-state index in [0.717, 1.165) is 39.9 Å². The van der Waals surface area contributed by atoms with E-state index in [1.165, 1.54) is 0 Å². The van der Waals surface area contributed by atoms with E-state index in [1.807, 2.05) is 55.6 Å². The summed E-state index contributed by atoms with van der Waals surface area (Å²) in [4.78, 5) is 9.02. The number of nitrogens with two attached hydrogens (primary N) is 2. The number of aliphatic carboxylic acids is 1. The molecule has 0 atom stereocenters. The Morgan fingerprint density at radius 1 is 1.00 bits per heavy atom. The summed E-state index contributed by atoms with van der Waals surface area (Å²) in [7, 11) is -3.81. The second-order valence-corrected chi connectivity index (χ2v) is 10.1. The molecule has 0 amide bonds. The highest BCUT2D eigenvalue weighted by Gasteiger charge is 2.38. The molecule has 4 aromatic rings. The number of carboxylic acids is 1. The Morgan fingerprint density at radius 3 is 2.23 bits per heavy atom. The van der Waals surface area contributed by atoms with Crippen molar-refractivity contribution in [3.8, 4) is 22.3 Å². The number of alkyl halides is 3. The van der Waals surface area contributed by atoms with Crippen LogP contribution in [-0.4, -0.2) is 36.5 Å². The summed E-state index contributed by atoms with van der Waals surface area (Å²) in [6.45, 7) is 2.65. The third-order valence-corrected chi connectivity index (χ3v) is 6.47. The van der Waals surface area contributed by atoms with Crippen molar-refractivity contribution >= 4 is 22.2 Å². The molecule has 0 aliphatic rings. The zero-order valence-corrected chi connectivity index (χ0v) is 21.4. The van der Waals surface area contributed by atoms with E-state index in [2.05, 4.69) is 34.1 Å². The lowest BCUT2D eigenvalue weighted by Crippen LogP contribution is -2.21. The summed E-state index contributed by atoms with van der Waals surface area (Å²) in [5.74, 6) is 2.49. The van der Waals surface area contributed by atoms with Gasteiger partial charge in [-0.25, -0.2) is 18.4 Å². The molecule has 0 fully saturated rings. The van der Waals surface area contributed by atoms with Gasteiger partial charge in [0.2, 0.25) is 10.0 Å². The number of hydrazone groups is 1. The normalized spacial score (nSPS) is 11.7. The van der Waals surface area contributed by atoms with Gasteiger partial charge in [0.1, 0.15) is 0 Å². The Kier molecular flexibility index (Phi) is 8.94. The van der Waals surface area contributed by atoms with Crippen LogP contribution in [-0.2, 0) is 21.4 Å². The predicted molar refractivity (Wildman–Crippen MR) is 142 cm³/mol. The number of halogens is 3. The molecule has 39 heavy (non-hydrogen) atoms. The van der Waals surface area contributed by atoms with Gasteiger partial charge in [0, 0.05) is 24.5 Å². The molecule has 1 heterocycles. The number of nitrogens with zero attached hydrogens (tertiary/aromatic N) is 2. The summed E-state index contributed by atoms with van der Waals surface area (Å²) in [6, 6.07) is 23.1. The van der Waals surface area contributed by atoms with Crippen LogP contribution in [0.25, 0.3) is 22.3 Å². The molecule has 0 radical (unpaired) electrons. The molecule has 0 bridgehead atoms. The number of hydrogen-bond donors (Lipinski definition) is 3. The molecule has 204 valence electrons. The summed E-state index contributed by atoms with van der Waals surface area (Å²) < 4.78 is 57.8. The van der Waals surface area contributed by atoms with Gasteiger partial charge in [-0.2, -0.15) is 18.3 Å². The fourth-order valence-electron chi connectivity index (χ4n) is 3.74. The Balaban J connectivity index is 0.000000532. The molecule has 0 aliphatic carbocycles.